The van der Waals surface area contributed by atoms with Gasteiger partial charge in [-0.05, 0) is 54.8 Å². The summed E-state index contributed by atoms with van der Waals surface area (Å²) in [6, 6.07) is 10.00. The number of furan rings is 1. The average molecular weight is 422 g/mol. The second-order valence-electron chi connectivity index (χ2n) is 7.47. The van der Waals surface area contributed by atoms with Crippen LogP contribution in [-0.2, 0) is 11.4 Å². The van der Waals surface area contributed by atoms with Gasteiger partial charge in [-0.3, -0.25) is 14.6 Å². The normalized spacial score (nSPS) is 11.8. The molecule has 0 aliphatic rings. The number of pyridine rings is 2. The first kappa shape index (κ1) is 22.0. The van der Waals surface area contributed by atoms with Gasteiger partial charge in [0.15, 0.2) is 11.5 Å². The number of aryl methyl sites for hydroxylation is 1. The molecule has 3 aromatic heterocycles. The smallest absolute Gasteiger partial charge is 0.287 e. The fraction of sp³-hybridized carbons (Fsp3) is 0.304. The first-order chi connectivity index (χ1) is 14.9. The molecular weight excluding hydrogens is 396 g/mol. The number of likely N-dealkylation sites (N-methyl/N-ethyl adjacent to an activating group) is 1. The van der Waals surface area contributed by atoms with Gasteiger partial charge in [0.25, 0.3) is 5.91 Å². The van der Waals surface area contributed by atoms with Crippen LogP contribution < -0.4 is 15.4 Å². The molecule has 2 N–H and O–H groups in total. The summed E-state index contributed by atoms with van der Waals surface area (Å²) in [5.41, 5.74) is 2.52. The highest BCUT2D eigenvalue weighted by Crippen LogP contribution is 2.22. The van der Waals surface area contributed by atoms with Crippen LogP contribution in [-0.4, -0.2) is 34.9 Å². The molecule has 0 spiro atoms. The Morgan fingerprint density at radius 3 is 2.58 bits per heavy atom. The molecule has 2 amide bonds. The minimum atomic E-state index is -0.650. The topological polar surface area (TPSA) is 106 Å². The molecule has 1 atom stereocenters. The summed E-state index contributed by atoms with van der Waals surface area (Å²) in [6.07, 6.45) is 3.34. The molecule has 0 saturated heterocycles. The minimum Gasteiger partial charge on any atom is -0.486 e. The van der Waals surface area contributed by atoms with Gasteiger partial charge in [0, 0.05) is 13.2 Å². The van der Waals surface area contributed by atoms with Crippen LogP contribution in [0.2, 0.25) is 0 Å². The van der Waals surface area contributed by atoms with Crippen molar-refractivity contribution in [1.82, 2.24) is 20.6 Å². The zero-order valence-electron chi connectivity index (χ0n) is 18.0. The fourth-order valence-electron chi connectivity index (χ4n) is 2.95. The number of nitrogens with one attached hydrogen (secondary N) is 2. The first-order valence-electron chi connectivity index (χ1n) is 10.0. The van der Waals surface area contributed by atoms with Crippen molar-refractivity contribution in [3.05, 3.63) is 65.8 Å². The number of carbonyl (C=O) groups is 2. The molecular formula is C23H26N4O4. The van der Waals surface area contributed by atoms with Crippen molar-refractivity contribution in [3.63, 3.8) is 0 Å². The van der Waals surface area contributed by atoms with Crippen molar-refractivity contribution in [2.75, 3.05) is 7.05 Å². The van der Waals surface area contributed by atoms with Gasteiger partial charge in [-0.25, -0.2) is 4.98 Å². The third kappa shape index (κ3) is 5.69. The SMILES string of the molecule is CNC(=O)C(NC(=O)c1ccc(-c2ccc(OCc3cc(C)ccn3)cn2)o1)C(C)C. The first-order valence-corrected chi connectivity index (χ1v) is 10.0. The molecule has 3 heterocycles. The predicted molar refractivity (Wildman–Crippen MR) is 115 cm³/mol. The summed E-state index contributed by atoms with van der Waals surface area (Å²) in [4.78, 5) is 33.1. The van der Waals surface area contributed by atoms with Crippen molar-refractivity contribution < 1.29 is 18.7 Å². The van der Waals surface area contributed by atoms with E-state index in [1.807, 2.05) is 32.9 Å². The van der Waals surface area contributed by atoms with E-state index < -0.39 is 11.9 Å². The minimum absolute atomic E-state index is 0.0671. The lowest BCUT2D eigenvalue weighted by atomic mass is 10.0. The van der Waals surface area contributed by atoms with E-state index in [9.17, 15) is 9.59 Å². The number of ether oxygens (including phenoxy) is 1. The van der Waals surface area contributed by atoms with Crippen LogP contribution in [0.15, 0.2) is 53.2 Å². The van der Waals surface area contributed by atoms with Crippen LogP contribution in [0.5, 0.6) is 5.75 Å². The van der Waals surface area contributed by atoms with E-state index >= 15 is 0 Å². The van der Waals surface area contributed by atoms with Gasteiger partial charge in [0.05, 0.1) is 11.9 Å². The van der Waals surface area contributed by atoms with Gasteiger partial charge in [-0.1, -0.05) is 13.8 Å². The Labute approximate surface area is 181 Å². The van der Waals surface area contributed by atoms with Crippen LogP contribution in [0.25, 0.3) is 11.5 Å². The van der Waals surface area contributed by atoms with Gasteiger partial charge in [0.2, 0.25) is 5.91 Å². The van der Waals surface area contributed by atoms with Gasteiger partial charge < -0.3 is 19.8 Å². The van der Waals surface area contributed by atoms with Crippen LogP contribution in [0.4, 0.5) is 0 Å². The zero-order valence-corrected chi connectivity index (χ0v) is 18.0. The molecule has 0 saturated carbocycles. The Balaban J connectivity index is 1.63. The molecule has 3 rings (SSSR count). The third-order valence-corrected chi connectivity index (χ3v) is 4.66. The second-order valence-corrected chi connectivity index (χ2v) is 7.47. The monoisotopic (exact) mass is 422 g/mol. The van der Waals surface area contributed by atoms with Gasteiger partial charge in [-0.2, -0.15) is 0 Å². The van der Waals surface area contributed by atoms with Crippen molar-refractivity contribution >= 4 is 11.8 Å². The van der Waals surface area contributed by atoms with Crippen LogP contribution >= 0.6 is 0 Å². The Morgan fingerprint density at radius 1 is 1.13 bits per heavy atom. The molecule has 8 heteroatoms. The number of nitrogens with zero attached hydrogens (tertiary/aromatic N) is 2. The molecule has 0 fully saturated rings. The lowest BCUT2D eigenvalue weighted by Gasteiger charge is -2.19. The van der Waals surface area contributed by atoms with Crippen molar-refractivity contribution in [3.8, 4) is 17.2 Å². The van der Waals surface area contributed by atoms with Gasteiger partial charge >= 0.3 is 0 Å². The molecule has 8 nitrogen and oxygen atoms in total. The quantitative estimate of drug-likeness (QED) is 0.578. The highest BCUT2D eigenvalue weighted by molar-refractivity contribution is 5.95. The van der Waals surface area contributed by atoms with E-state index in [0.717, 1.165) is 11.3 Å². The maximum absolute atomic E-state index is 12.5. The molecule has 0 bridgehead atoms. The summed E-state index contributed by atoms with van der Waals surface area (Å²) in [7, 11) is 1.53. The molecule has 0 aromatic carbocycles. The highest BCUT2D eigenvalue weighted by atomic mass is 16.5. The molecule has 3 aromatic rings. The predicted octanol–water partition coefficient (Wildman–Crippen LogP) is 3.12. The molecule has 31 heavy (non-hydrogen) atoms. The molecule has 1 unspecified atom stereocenters. The van der Waals surface area contributed by atoms with Gasteiger partial charge in [0.1, 0.15) is 24.1 Å². The van der Waals surface area contributed by atoms with Crippen molar-refractivity contribution in [1.29, 1.82) is 0 Å². The number of amides is 2. The highest BCUT2D eigenvalue weighted by Gasteiger charge is 2.25. The summed E-state index contributed by atoms with van der Waals surface area (Å²) >= 11 is 0. The fourth-order valence-corrected chi connectivity index (χ4v) is 2.95. The largest absolute Gasteiger partial charge is 0.486 e. The Kier molecular flexibility index (Phi) is 7.02. The third-order valence-electron chi connectivity index (χ3n) is 4.66. The van der Waals surface area contributed by atoms with E-state index in [4.69, 9.17) is 9.15 Å². The maximum atomic E-state index is 12.5. The summed E-state index contributed by atoms with van der Waals surface area (Å²) < 4.78 is 11.4. The number of carbonyl (C=O) groups excluding carboxylic acids is 2. The second kappa shape index (κ2) is 9.88. The standard InChI is InChI=1S/C23H26N4O4/c1-14(2)21(23(29)24-4)27-22(28)20-8-7-19(31-20)18-6-5-17(12-26-18)30-13-16-11-15(3)9-10-25-16/h5-12,14,21H,13H2,1-4H3,(H,24,29)(H,27,28). The molecule has 0 aliphatic carbocycles. The van der Waals surface area contributed by atoms with E-state index in [1.165, 1.54) is 7.05 Å². The molecule has 0 radical (unpaired) electrons. The Hall–Kier alpha value is -3.68. The number of hydrogen-bond donors (Lipinski definition) is 2. The maximum Gasteiger partial charge on any atom is 0.287 e. The summed E-state index contributed by atoms with van der Waals surface area (Å²) in [6.45, 7) is 6.06. The molecule has 0 aliphatic heterocycles. The van der Waals surface area contributed by atoms with E-state index in [0.29, 0.717) is 23.8 Å². The van der Waals surface area contributed by atoms with Crippen molar-refractivity contribution in [2.45, 2.75) is 33.4 Å². The Morgan fingerprint density at radius 2 is 1.94 bits per heavy atom. The van der Waals surface area contributed by atoms with E-state index in [1.54, 1.807) is 36.7 Å². The number of hydrogen-bond acceptors (Lipinski definition) is 6. The Bertz CT molecular complexity index is 1040. The average Bonchev–Trinajstić information content (AvgIpc) is 3.26. The van der Waals surface area contributed by atoms with Crippen molar-refractivity contribution in [2.24, 2.45) is 5.92 Å². The summed E-state index contributed by atoms with van der Waals surface area (Å²) in [5.74, 6) is 0.368. The summed E-state index contributed by atoms with van der Waals surface area (Å²) in [5, 5.41) is 5.26. The van der Waals surface area contributed by atoms with Crippen LogP contribution in [0.3, 0.4) is 0 Å². The number of aromatic nitrogens is 2. The lowest BCUT2D eigenvalue weighted by Crippen LogP contribution is -2.48. The van der Waals surface area contributed by atoms with E-state index in [2.05, 4.69) is 20.6 Å². The van der Waals surface area contributed by atoms with E-state index in [-0.39, 0.29) is 17.6 Å². The lowest BCUT2D eigenvalue weighted by molar-refractivity contribution is -0.123. The number of rotatable bonds is 8. The molecule has 162 valence electrons. The van der Waals surface area contributed by atoms with Gasteiger partial charge in [-0.15, -0.1) is 0 Å². The zero-order chi connectivity index (χ0) is 22.4. The van der Waals surface area contributed by atoms with Crippen LogP contribution in [0.1, 0.15) is 35.7 Å². The van der Waals surface area contributed by atoms with Crippen LogP contribution in [0, 0.1) is 12.8 Å².